The van der Waals surface area contributed by atoms with Crippen LogP contribution in [-0.2, 0) is 4.79 Å². The fourth-order valence-electron chi connectivity index (χ4n) is 1.45. The number of carbonyl (C=O) groups is 1. The molecule has 0 heterocycles. The standard InChI is InChI=1S/C15H23NO3/c1-10(2)11(3)16-15(18)9-19-14-7-5-13(6-8-14)12(4)17/h5-8,10-12,17H,9H2,1-4H3,(H,16,18)/t11?,12-/m1/s1. The smallest absolute Gasteiger partial charge is 0.258 e. The lowest BCUT2D eigenvalue weighted by Gasteiger charge is -2.17. The van der Waals surface area contributed by atoms with Crippen LogP contribution in [0.1, 0.15) is 39.4 Å². The van der Waals surface area contributed by atoms with E-state index < -0.39 is 6.10 Å². The summed E-state index contributed by atoms with van der Waals surface area (Å²) in [7, 11) is 0. The van der Waals surface area contributed by atoms with Crippen LogP contribution >= 0.6 is 0 Å². The predicted octanol–water partition coefficient (Wildman–Crippen LogP) is 2.28. The Morgan fingerprint density at radius 3 is 2.26 bits per heavy atom. The van der Waals surface area contributed by atoms with Crippen LogP contribution in [0.2, 0.25) is 0 Å². The molecule has 4 nitrogen and oxygen atoms in total. The average molecular weight is 265 g/mol. The van der Waals surface area contributed by atoms with Gasteiger partial charge in [0.05, 0.1) is 6.10 Å². The van der Waals surface area contributed by atoms with E-state index in [2.05, 4.69) is 19.2 Å². The summed E-state index contributed by atoms with van der Waals surface area (Å²) in [6.07, 6.45) is -0.496. The second kappa shape index (κ2) is 7.14. The van der Waals surface area contributed by atoms with Gasteiger partial charge in [-0.25, -0.2) is 0 Å². The molecule has 0 radical (unpaired) electrons. The van der Waals surface area contributed by atoms with Crippen LogP contribution in [0, 0.1) is 5.92 Å². The fourth-order valence-corrected chi connectivity index (χ4v) is 1.45. The Morgan fingerprint density at radius 2 is 1.79 bits per heavy atom. The highest BCUT2D eigenvalue weighted by molar-refractivity contribution is 5.77. The number of ether oxygens (including phenoxy) is 1. The largest absolute Gasteiger partial charge is 0.484 e. The number of benzene rings is 1. The van der Waals surface area contributed by atoms with Crippen LogP contribution in [0.25, 0.3) is 0 Å². The van der Waals surface area contributed by atoms with Gasteiger partial charge >= 0.3 is 0 Å². The summed E-state index contributed by atoms with van der Waals surface area (Å²) >= 11 is 0. The normalized spacial score (nSPS) is 14.0. The minimum atomic E-state index is -0.496. The van der Waals surface area contributed by atoms with Crippen molar-refractivity contribution in [2.45, 2.75) is 39.8 Å². The minimum Gasteiger partial charge on any atom is -0.484 e. The molecule has 1 rings (SSSR count). The van der Waals surface area contributed by atoms with Gasteiger partial charge in [0.1, 0.15) is 5.75 Å². The van der Waals surface area contributed by atoms with Crippen molar-refractivity contribution < 1.29 is 14.6 Å². The van der Waals surface area contributed by atoms with E-state index in [1.54, 1.807) is 31.2 Å². The second-order valence-electron chi connectivity index (χ2n) is 5.13. The van der Waals surface area contributed by atoms with Crippen molar-refractivity contribution >= 4 is 5.91 Å². The second-order valence-corrected chi connectivity index (χ2v) is 5.13. The molecule has 19 heavy (non-hydrogen) atoms. The lowest BCUT2D eigenvalue weighted by molar-refractivity contribution is -0.124. The molecule has 0 saturated carbocycles. The predicted molar refractivity (Wildman–Crippen MR) is 75.0 cm³/mol. The van der Waals surface area contributed by atoms with Crippen molar-refractivity contribution in [1.82, 2.24) is 5.32 Å². The molecule has 106 valence electrons. The molecule has 1 amide bonds. The molecular formula is C15H23NO3. The summed E-state index contributed by atoms with van der Waals surface area (Å²) < 4.78 is 5.39. The number of carbonyl (C=O) groups excluding carboxylic acids is 1. The summed E-state index contributed by atoms with van der Waals surface area (Å²) in [5.41, 5.74) is 0.824. The summed E-state index contributed by atoms with van der Waals surface area (Å²) in [6, 6.07) is 7.21. The van der Waals surface area contributed by atoms with Crippen LogP contribution < -0.4 is 10.1 Å². The van der Waals surface area contributed by atoms with Gasteiger partial charge in [0.2, 0.25) is 0 Å². The van der Waals surface area contributed by atoms with E-state index >= 15 is 0 Å². The molecule has 2 atom stereocenters. The molecule has 0 fully saturated rings. The molecule has 1 aromatic rings. The monoisotopic (exact) mass is 265 g/mol. The lowest BCUT2D eigenvalue weighted by atomic mass is 10.1. The van der Waals surface area contributed by atoms with Crippen molar-refractivity contribution in [1.29, 1.82) is 0 Å². The first kappa shape index (κ1) is 15.5. The molecule has 0 saturated heterocycles. The summed E-state index contributed by atoms with van der Waals surface area (Å²) in [6.45, 7) is 7.79. The van der Waals surface area contributed by atoms with Gasteiger partial charge in [0, 0.05) is 6.04 Å². The highest BCUT2D eigenvalue weighted by Crippen LogP contribution is 2.17. The Hall–Kier alpha value is -1.55. The number of hydrogen-bond acceptors (Lipinski definition) is 3. The van der Waals surface area contributed by atoms with E-state index in [0.29, 0.717) is 11.7 Å². The zero-order chi connectivity index (χ0) is 14.4. The van der Waals surface area contributed by atoms with Crippen molar-refractivity contribution in [3.63, 3.8) is 0 Å². The van der Waals surface area contributed by atoms with Crippen LogP contribution in [0.4, 0.5) is 0 Å². The highest BCUT2D eigenvalue weighted by Gasteiger charge is 2.11. The Labute approximate surface area is 114 Å². The Balaban J connectivity index is 2.42. The third-order valence-electron chi connectivity index (χ3n) is 3.12. The van der Waals surface area contributed by atoms with Gasteiger partial charge in [-0.2, -0.15) is 0 Å². The van der Waals surface area contributed by atoms with Gasteiger partial charge in [-0.3, -0.25) is 4.79 Å². The number of aliphatic hydroxyl groups is 1. The summed E-state index contributed by atoms with van der Waals surface area (Å²) in [5, 5.41) is 12.3. The molecule has 1 unspecified atom stereocenters. The Morgan fingerprint density at radius 1 is 1.21 bits per heavy atom. The topological polar surface area (TPSA) is 58.6 Å². The zero-order valence-corrected chi connectivity index (χ0v) is 12.0. The molecule has 0 spiro atoms. The third kappa shape index (κ3) is 5.30. The number of amides is 1. The Kier molecular flexibility index (Phi) is 5.83. The van der Waals surface area contributed by atoms with Gasteiger partial charge in [-0.15, -0.1) is 0 Å². The van der Waals surface area contributed by atoms with E-state index in [-0.39, 0.29) is 18.6 Å². The summed E-state index contributed by atoms with van der Waals surface area (Å²) in [4.78, 5) is 11.6. The lowest BCUT2D eigenvalue weighted by Crippen LogP contribution is -2.38. The SMILES string of the molecule is CC(C)C(C)NC(=O)COc1ccc([C@@H](C)O)cc1. The van der Waals surface area contributed by atoms with Gasteiger partial charge in [-0.05, 0) is 37.5 Å². The van der Waals surface area contributed by atoms with Crippen molar-refractivity contribution in [3.05, 3.63) is 29.8 Å². The molecule has 0 aromatic heterocycles. The van der Waals surface area contributed by atoms with Crippen molar-refractivity contribution in [3.8, 4) is 5.75 Å². The Bertz CT molecular complexity index is 398. The maximum absolute atomic E-state index is 11.6. The number of hydrogen-bond donors (Lipinski definition) is 2. The fraction of sp³-hybridized carbons (Fsp3) is 0.533. The highest BCUT2D eigenvalue weighted by atomic mass is 16.5. The molecule has 0 aliphatic carbocycles. The number of aliphatic hydroxyl groups excluding tert-OH is 1. The van der Waals surface area contributed by atoms with Crippen LogP contribution in [0.15, 0.2) is 24.3 Å². The average Bonchev–Trinajstić information content (AvgIpc) is 2.36. The van der Waals surface area contributed by atoms with Gasteiger partial charge < -0.3 is 15.2 Å². The summed E-state index contributed by atoms with van der Waals surface area (Å²) in [5.74, 6) is 0.895. The van der Waals surface area contributed by atoms with E-state index in [0.717, 1.165) is 5.56 Å². The third-order valence-corrected chi connectivity index (χ3v) is 3.12. The quantitative estimate of drug-likeness (QED) is 0.829. The van der Waals surface area contributed by atoms with Crippen molar-refractivity contribution in [2.75, 3.05) is 6.61 Å². The zero-order valence-electron chi connectivity index (χ0n) is 12.0. The first-order chi connectivity index (χ1) is 8.90. The molecule has 1 aromatic carbocycles. The van der Waals surface area contributed by atoms with Gasteiger partial charge in [-0.1, -0.05) is 26.0 Å². The maximum atomic E-state index is 11.6. The molecule has 0 aliphatic rings. The maximum Gasteiger partial charge on any atom is 0.258 e. The first-order valence-corrected chi connectivity index (χ1v) is 6.60. The molecule has 0 bridgehead atoms. The van der Waals surface area contributed by atoms with Gasteiger partial charge in [0.15, 0.2) is 6.61 Å². The minimum absolute atomic E-state index is 0.00504. The van der Waals surface area contributed by atoms with Crippen LogP contribution in [0.3, 0.4) is 0 Å². The molecule has 0 aliphatic heterocycles. The van der Waals surface area contributed by atoms with E-state index in [9.17, 15) is 9.90 Å². The first-order valence-electron chi connectivity index (χ1n) is 6.60. The van der Waals surface area contributed by atoms with Gasteiger partial charge in [0.25, 0.3) is 5.91 Å². The molecular weight excluding hydrogens is 242 g/mol. The molecule has 4 heteroatoms. The number of rotatable bonds is 6. The van der Waals surface area contributed by atoms with E-state index in [1.807, 2.05) is 6.92 Å². The van der Waals surface area contributed by atoms with Crippen LogP contribution in [0.5, 0.6) is 5.75 Å². The molecule has 2 N–H and O–H groups in total. The van der Waals surface area contributed by atoms with E-state index in [4.69, 9.17) is 4.74 Å². The number of nitrogens with one attached hydrogen (secondary N) is 1. The van der Waals surface area contributed by atoms with Crippen molar-refractivity contribution in [2.24, 2.45) is 5.92 Å². The van der Waals surface area contributed by atoms with E-state index in [1.165, 1.54) is 0 Å². The van der Waals surface area contributed by atoms with Crippen LogP contribution in [-0.4, -0.2) is 23.7 Å².